The van der Waals surface area contributed by atoms with Gasteiger partial charge in [-0.25, -0.2) is 4.98 Å². The fourth-order valence-electron chi connectivity index (χ4n) is 3.62. The summed E-state index contributed by atoms with van der Waals surface area (Å²) in [6, 6.07) is 8.97. The van der Waals surface area contributed by atoms with Crippen molar-refractivity contribution in [2.24, 2.45) is 5.92 Å². The van der Waals surface area contributed by atoms with Crippen molar-refractivity contribution < 1.29 is 9.59 Å². The molecule has 1 aliphatic heterocycles. The van der Waals surface area contributed by atoms with Crippen molar-refractivity contribution in [1.29, 1.82) is 0 Å². The van der Waals surface area contributed by atoms with Crippen LogP contribution < -0.4 is 15.5 Å². The van der Waals surface area contributed by atoms with Gasteiger partial charge in [0.1, 0.15) is 11.6 Å². The van der Waals surface area contributed by atoms with E-state index in [2.05, 4.69) is 25.7 Å². The van der Waals surface area contributed by atoms with Crippen molar-refractivity contribution in [3.8, 4) is 0 Å². The molecule has 4 heterocycles. The number of carbonyl (C=O) groups excluding carboxylic acids is 2. The van der Waals surface area contributed by atoms with Gasteiger partial charge in [-0.1, -0.05) is 6.07 Å². The summed E-state index contributed by atoms with van der Waals surface area (Å²) in [5.74, 6) is 1.11. The van der Waals surface area contributed by atoms with Gasteiger partial charge in [0.25, 0.3) is 11.8 Å². The van der Waals surface area contributed by atoms with Crippen LogP contribution >= 0.6 is 0 Å². The first-order valence-electron chi connectivity index (χ1n) is 10.2. The van der Waals surface area contributed by atoms with E-state index >= 15 is 0 Å². The number of hydrogen-bond donors (Lipinski definition) is 2. The molecule has 0 radical (unpaired) electrons. The minimum absolute atomic E-state index is 0.142. The van der Waals surface area contributed by atoms with E-state index in [1.165, 1.54) is 0 Å². The van der Waals surface area contributed by atoms with Gasteiger partial charge in [-0.05, 0) is 43.0 Å². The van der Waals surface area contributed by atoms with Crippen LogP contribution in [0.4, 0.5) is 11.6 Å². The van der Waals surface area contributed by atoms with Gasteiger partial charge < -0.3 is 15.5 Å². The molecule has 2 amide bonds. The Labute approximate surface area is 180 Å². The molecule has 0 bridgehead atoms. The van der Waals surface area contributed by atoms with Crippen LogP contribution in [-0.2, 0) is 13.0 Å². The number of hydrogen-bond acceptors (Lipinski definition) is 6. The van der Waals surface area contributed by atoms with Crippen molar-refractivity contribution >= 4 is 23.5 Å². The third-order valence-electron chi connectivity index (χ3n) is 5.33. The van der Waals surface area contributed by atoms with Crippen LogP contribution in [0.3, 0.4) is 0 Å². The first-order chi connectivity index (χ1) is 15.0. The fourth-order valence-corrected chi connectivity index (χ4v) is 3.62. The number of nitrogens with one attached hydrogen (secondary N) is 2. The van der Waals surface area contributed by atoms with E-state index in [-0.39, 0.29) is 17.7 Å². The van der Waals surface area contributed by atoms with E-state index in [1.807, 2.05) is 35.8 Å². The maximum Gasteiger partial charge on any atom is 0.260 e. The Morgan fingerprint density at radius 3 is 2.81 bits per heavy atom. The van der Waals surface area contributed by atoms with Crippen molar-refractivity contribution in [3.63, 3.8) is 0 Å². The molecule has 0 saturated carbocycles. The van der Waals surface area contributed by atoms with Gasteiger partial charge in [0.15, 0.2) is 0 Å². The number of aromatic nitrogens is 4. The summed E-state index contributed by atoms with van der Waals surface area (Å²) in [5.41, 5.74) is 1.96. The molecule has 0 aliphatic carbocycles. The summed E-state index contributed by atoms with van der Waals surface area (Å²) in [7, 11) is 3.80. The summed E-state index contributed by atoms with van der Waals surface area (Å²) < 4.78 is 1.87. The number of amides is 2. The summed E-state index contributed by atoms with van der Waals surface area (Å²) in [4.78, 5) is 35.5. The monoisotopic (exact) mass is 419 g/mol. The van der Waals surface area contributed by atoms with Crippen LogP contribution in [0.15, 0.2) is 48.9 Å². The van der Waals surface area contributed by atoms with Crippen LogP contribution in [-0.4, -0.2) is 52.2 Å². The van der Waals surface area contributed by atoms with Gasteiger partial charge in [0.05, 0.1) is 23.0 Å². The lowest BCUT2D eigenvalue weighted by Gasteiger charge is -2.24. The van der Waals surface area contributed by atoms with Gasteiger partial charge in [0.2, 0.25) is 0 Å². The van der Waals surface area contributed by atoms with Crippen molar-refractivity contribution in [2.75, 3.05) is 30.9 Å². The molecule has 0 spiro atoms. The van der Waals surface area contributed by atoms with Crippen molar-refractivity contribution in [1.82, 2.24) is 25.1 Å². The highest BCUT2D eigenvalue weighted by Gasteiger charge is 2.26. The van der Waals surface area contributed by atoms with E-state index in [4.69, 9.17) is 0 Å². The molecule has 1 atom stereocenters. The first-order valence-corrected chi connectivity index (χ1v) is 10.2. The van der Waals surface area contributed by atoms with Gasteiger partial charge in [-0.3, -0.25) is 19.3 Å². The van der Waals surface area contributed by atoms with Crippen molar-refractivity contribution in [3.05, 3.63) is 65.7 Å². The average molecular weight is 419 g/mol. The Balaban J connectivity index is 1.41. The maximum absolute atomic E-state index is 12.9. The molecule has 0 aromatic carbocycles. The van der Waals surface area contributed by atoms with Crippen molar-refractivity contribution in [2.45, 2.75) is 19.4 Å². The van der Waals surface area contributed by atoms with Gasteiger partial charge in [-0.2, -0.15) is 5.10 Å². The third kappa shape index (κ3) is 4.71. The molecular formula is C22H25N7O2. The number of rotatable bonds is 6. The number of anilines is 2. The summed E-state index contributed by atoms with van der Waals surface area (Å²) in [6.45, 7) is 1.25. The second-order valence-electron chi connectivity index (χ2n) is 7.77. The first kappa shape index (κ1) is 20.5. The molecule has 4 rings (SSSR count). The molecule has 0 unspecified atom stereocenters. The highest BCUT2D eigenvalue weighted by molar-refractivity contribution is 6.04. The Morgan fingerprint density at radius 1 is 1.16 bits per heavy atom. The van der Waals surface area contributed by atoms with Crippen LogP contribution in [0, 0.1) is 5.92 Å². The minimum Gasteiger partial charge on any atom is -0.363 e. The average Bonchev–Trinajstić information content (AvgIpc) is 3.21. The minimum atomic E-state index is -0.232. The predicted octanol–water partition coefficient (Wildman–Crippen LogP) is 1.98. The largest absolute Gasteiger partial charge is 0.363 e. The Morgan fingerprint density at radius 2 is 2.03 bits per heavy atom. The third-order valence-corrected chi connectivity index (χ3v) is 5.33. The lowest BCUT2D eigenvalue weighted by molar-refractivity contribution is 0.0942. The van der Waals surface area contributed by atoms with Crippen LogP contribution in [0.1, 0.15) is 32.8 Å². The van der Waals surface area contributed by atoms with Crippen LogP contribution in [0.2, 0.25) is 0 Å². The molecule has 160 valence electrons. The van der Waals surface area contributed by atoms with E-state index in [9.17, 15) is 9.59 Å². The number of carbonyl (C=O) groups is 2. The number of fused-ring (bicyclic) bond motifs is 1. The number of pyridine rings is 2. The molecule has 9 heteroatoms. The topological polar surface area (TPSA) is 105 Å². The van der Waals surface area contributed by atoms with Gasteiger partial charge in [-0.15, -0.1) is 0 Å². The van der Waals surface area contributed by atoms with E-state index in [1.54, 1.807) is 36.8 Å². The van der Waals surface area contributed by atoms with E-state index in [0.717, 1.165) is 17.9 Å². The maximum atomic E-state index is 12.9. The fraction of sp³-hybridized carbons (Fsp3) is 0.318. The normalized spacial score (nSPS) is 15.1. The quantitative estimate of drug-likeness (QED) is 0.633. The molecule has 3 aromatic rings. The zero-order valence-electron chi connectivity index (χ0n) is 17.6. The Bertz CT molecular complexity index is 1080. The molecule has 31 heavy (non-hydrogen) atoms. The predicted molar refractivity (Wildman–Crippen MR) is 117 cm³/mol. The molecule has 1 aliphatic rings. The lowest BCUT2D eigenvalue weighted by Crippen LogP contribution is -2.33. The number of aryl methyl sites for hydroxylation is 1. The molecule has 0 saturated heterocycles. The standard InChI is InChI=1S/C22H25N7O2/c1-28(2)20-7-3-6-19(26-20)27-22(31)17-14-25-29-10-8-15(11-18(17)29)12-24-21(30)16-5-4-9-23-13-16/h3-7,9,13-15H,8,10-12H2,1-2H3,(H,24,30)(H,26,27,31)/t15-/m1/s1. The lowest BCUT2D eigenvalue weighted by atomic mass is 9.94. The second kappa shape index (κ2) is 8.95. The summed E-state index contributed by atoms with van der Waals surface area (Å²) >= 11 is 0. The molecule has 0 fully saturated rings. The molecule has 3 aromatic heterocycles. The van der Waals surface area contributed by atoms with E-state index in [0.29, 0.717) is 36.5 Å². The zero-order chi connectivity index (χ0) is 21.8. The zero-order valence-corrected chi connectivity index (χ0v) is 17.6. The number of nitrogens with zero attached hydrogens (tertiary/aromatic N) is 5. The van der Waals surface area contributed by atoms with Gasteiger partial charge >= 0.3 is 0 Å². The Hall–Kier alpha value is -3.75. The highest BCUT2D eigenvalue weighted by atomic mass is 16.2. The highest BCUT2D eigenvalue weighted by Crippen LogP contribution is 2.23. The summed E-state index contributed by atoms with van der Waals surface area (Å²) in [5, 5.41) is 10.2. The van der Waals surface area contributed by atoms with Gasteiger partial charge in [0, 0.05) is 39.6 Å². The second-order valence-corrected chi connectivity index (χ2v) is 7.77. The molecular weight excluding hydrogens is 394 g/mol. The SMILES string of the molecule is CN(C)c1cccc(NC(=O)c2cnn3c2C[C@H](CNC(=O)c2cccnc2)CC3)n1. The molecule has 2 N–H and O–H groups in total. The smallest absolute Gasteiger partial charge is 0.260 e. The Kier molecular flexibility index (Phi) is 5.92. The molecule has 9 nitrogen and oxygen atoms in total. The summed E-state index contributed by atoms with van der Waals surface area (Å²) in [6.07, 6.45) is 6.35. The van der Waals surface area contributed by atoms with Crippen LogP contribution in [0.25, 0.3) is 0 Å². The van der Waals surface area contributed by atoms with E-state index < -0.39 is 0 Å². The van der Waals surface area contributed by atoms with Crippen LogP contribution in [0.5, 0.6) is 0 Å².